The molecule has 0 saturated carbocycles. The van der Waals surface area contributed by atoms with Crippen LogP contribution in [0.3, 0.4) is 0 Å². The third kappa shape index (κ3) is 2.42. The highest BCUT2D eigenvalue weighted by Crippen LogP contribution is 1.96. The van der Waals surface area contributed by atoms with Crippen molar-refractivity contribution in [3.05, 3.63) is 34.2 Å². The molecule has 1 heterocycles. The Morgan fingerprint density at radius 3 is 2.79 bits per heavy atom. The minimum Gasteiger partial charge on any atom is -0.478 e. The van der Waals surface area contributed by atoms with E-state index in [2.05, 4.69) is 0 Å². The maximum Gasteiger partial charge on any atom is 0.337 e. The van der Waals surface area contributed by atoms with Gasteiger partial charge in [-0.2, -0.15) is 0 Å². The second-order valence-corrected chi connectivity index (χ2v) is 2.80. The topological polar surface area (TPSA) is 59.3 Å². The van der Waals surface area contributed by atoms with Crippen molar-refractivity contribution in [1.82, 2.24) is 4.57 Å². The van der Waals surface area contributed by atoms with Gasteiger partial charge < -0.3 is 9.67 Å². The van der Waals surface area contributed by atoms with Crippen LogP contribution in [-0.2, 0) is 6.54 Å². The first-order valence-corrected chi connectivity index (χ1v) is 4.15. The van der Waals surface area contributed by atoms with Gasteiger partial charge in [-0.3, -0.25) is 9.18 Å². The van der Waals surface area contributed by atoms with Gasteiger partial charge in [0.25, 0.3) is 5.56 Å². The Labute approximate surface area is 79.6 Å². The molecule has 0 aliphatic rings. The zero-order valence-electron chi connectivity index (χ0n) is 7.44. The molecule has 76 valence electrons. The summed E-state index contributed by atoms with van der Waals surface area (Å²) in [4.78, 5) is 21.7. The molecule has 0 spiro atoms. The molecular weight excluding hydrogens is 189 g/mol. The molecule has 0 saturated heterocycles. The number of rotatable bonds is 4. The average molecular weight is 199 g/mol. The van der Waals surface area contributed by atoms with Crippen molar-refractivity contribution in [3.63, 3.8) is 0 Å². The Kier molecular flexibility index (Phi) is 3.39. The van der Waals surface area contributed by atoms with Gasteiger partial charge in [0.05, 0.1) is 12.2 Å². The van der Waals surface area contributed by atoms with E-state index in [1.807, 2.05) is 0 Å². The molecule has 0 bridgehead atoms. The largest absolute Gasteiger partial charge is 0.478 e. The molecule has 0 fully saturated rings. The zero-order chi connectivity index (χ0) is 10.6. The number of aromatic nitrogens is 1. The predicted molar refractivity (Wildman–Crippen MR) is 48.3 cm³/mol. The summed E-state index contributed by atoms with van der Waals surface area (Å²) in [5.74, 6) is -1.10. The molecule has 0 radical (unpaired) electrons. The van der Waals surface area contributed by atoms with Crippen molar-refractivity contribution in [3.8, 4) is 0 Å². The molecular formula is C9H10FNO3. The van der Waals surface area contributed by atoms with E-state index in [0.29, 0.717) is 0 Å². The van der Waals surface area contributed by atoms with Gasteiger partial charge >= 0.3 is 5.97 Å². The van der Waals surface area contributed by atoms with Crippen LogP contribution in [0.1, 0.15) is 16.8 Å². The van der Waals surface area contributed by atoms with Gasteiger partial charge in [-0.1, -0.05) is 0 Å². The smallest absolute Gasteiger partial charge is 0.337 e. The van der Waals surface area contributed by atoms with Crippen molar-refractivity contribution in [2.75, 3.05) is 6.67 Å². The number of hydrogen-bond acceptors (Lipinski definition) is 2. The number of carboxylic acid groups (broad SMARTS) is 1. The minimum absolute atomic E-state index is 0.0310. The Bertz CT molecular complexity index is 386. The molecule has 0 atom stereocenters. The molecule has 0 amide bonds. The molecule has 0 aromatic carbocycles. The highest BCUT2D eigenvalue weighted by molar-refractivity contribution is 5.87. The normalized spacial score (nSPS) is 10.1. The predicted octanol–water partition coefficient (Wildman–Crippen LogP) is 0.906. The van der Waals surface area contributed by atoms with Crippen LogP contribution in [0, 0.1) is 0 Å². The second-order valence-electron chi connectivity index (χ2n) is 2.80. The number of hydrogen-bond donors (Lipinski definition) is 1. The van der Waals surface area contributed by atoms with E-state index in [9.17, 15) is 14.0 Å². The number of nitrogens with zero attached hydrogens (tertiary/aromatic N) is 1. The standard InChI is InChI=1S/C9H10FNO3/c10-4-1-5-11-6-7(9(13)14)2-3-8(11)12/h2-3,6H,1,4-5H2,(H,13,14). The van der Waals surface area contributed by atoms with E-state index in [1.165, 1.54) is 22.9 Å². The minimum atomic E-state index is -1.10. The van der Waals surface area contributed by atoms with Crippen LogP contribution >= 0.6 is 0 Å². The van der Waals surface area contributed by atoms with Crippen molar-refractivity contribution >= 4 is 5.97 Å². The summed E-state index contributed by atoms with van der Waals surface area (Å²) in [6.07, 6.45) is 1.43. The SMILES string of the molecule is O=C(O)c1ccc(=O)n(CCCF)c1. The van der Waals surface area contributed by atoms with Crippen LogP contribution in [0.4, 0.5) is 4.39 Å². The van der Waals surface area contributed by atoms with Gasteiger partial charge in [0.2, 0.25) is 0 Å². The maximum absolute atomic E-state index is 11.8. The summed E-state index contributed by atoms with van der Waals surface area (Å²) in [6, 6.07) is 2.40. The van der Waals surface area contributed by atoms with E-state index >= 15 is 0 Å². The summed E-state index contributed by atoms with van der Waals surface area (Å²) < 4.78 is 13.0. The molecule has 5 heteroatoms. The van der Waals surface area contributed by atoms with Gasteiger partial charge in [-0.15, -0.1) is 0 Å². The highest BCUT2D eigenvalue weighted by Gasteiger charge is 2.04. The molecule has 1 rings (SSSR count). The van der Waals surface area contributed by atoms with E-state index < -0.39 is 12.6 Å². The Balaban J connectivity index is 2.96. The first-order chi connectivity index (χ1) is 6.65. The Morgan fingerprint density at radius 1 is 1.50 bits per heavy atom. The second kappa shape index (κ2) is 4.55. The summed E-state index contributed by atoms with van der Waals surface area (Å²) in [6.45, 7) is -0.319. The molecule has 1 aromatic heterocycles. The molecule has 1 N–H and O–H groups in total. The van der Waals surface area contributed by atoms with Gasteiger partial charge in [0, 0.05) is 18.8 Å². The number of aryl methyl sites for hydroxylation is 1. The van der Waals surface area contributed by atoms with Gasteiger partial charge in [-0.25, -0.2) is 4.79 Å². The number of carbonyl (C=O) groups is 1. The molecule has 1 aromatic rings. The fraction of sp³-hybridized carbons (Fsp3) is 0.333. The maximum atomic E-state index is 11.8. The lowest BCUT2D eigenvalue weighted by Crippen LogP contribution is -2.20. The third-order valence-corrected chi connectivity index (χ3v) is 1.76. The molecule has 4 nitrogen and oxygen atoms in total. The van der Waals surface area contributed by atoms with Crippen molar-refractivity contribution in [1.29, 1.82) is 0 Å². The van der Waals surface area contributed by atoms with Crippen molar-refractivity contribution in [2.45, 2.75) is 13.0 Å². The van der Waals surface area contributed by atoms with Crippen LogP contribution in [0.2, 0.25) is 0 Å². The average Bonchev–Trinajstić information content (AvgIpc) is 2.16. The van der Waals surface area contributed by atoms with Crippen molar-refractivity contribution in [2.24, 2.45) is 0 Å². The molecule has 0 unspecified atom stereocenters. The Hall–Kier alpha value is -1.65. The number of aromatic carboxylic acids is 1. The van der Waals surface area contributed by atoms with E-state index in [4.69, 9.17) is 5.11 Å². The molecule has 0 aliphatic heterocycles. The van der Waals surface area contributed by atoms with E-state index in [1.54, 1.807) is 0 Å². The van der Waals surface area contributed by atoms with E-state index in [0.717, 1.165) is 0 Å². The zero-order valence-corrected chi connectivity index (χ0v) is 7.44. The van der Waals surface area contributed by atoms with Crippen LogP contribution in [-0.4, -0.2) is 22.3 Å². The summed E-state index contributed by atoms with van der Waals surface area (Å²) >= 11 is 0. The Morgan fingerprint density at radius 2 is 2.21 bits per heavy atom. The highest BCUT2D eigenvalue weighted by atomic mass is 19.1. The lowest BCUT2D eigenvalue weighted by Gasteiger charge is -2.03. The van der Waals surface area contributed by atoms with Crippen LogP contribution in [0.5, 0.6) is 0 Å². The van der Waals surface area contributed by atoms with Crippen LogP contribution < -0.4 is 5.56 Å². The fourth-order valence-corrected chi connectivity index (χ4v) is 1.06. The number of carboxylic acids is 1. The summed E-state index contributed by atoms with van der Waals surface area (Å²) in [7, 11) is 0. The van der Waals surface area contributed by atoms with E-state index in [-0.39, 0.29) is 24.1 Å². The van der Waals surface area contributed by atoms with Crippen molar-refractivity contribution < 1.29 is 14.3 Å². The molecule has 14 heavy (non-hydrogen) atoms. The van der Waals surface area contributed by atoms with Crippen LogP contribution in [0.25, 0.3) is 0 Å². The molecule has 0 aliphatic carbocycles. The number of halogens is 1. The summed E-state index contributed by atoms with van der Waals surface area (Å²) in [5.41, 5.74) is -0.285. The van der Waals surface area contributed by atoms with Gasteiger partial charge in [-0.05, 0) is 12.5 Å². The van der Waals surface area contributed by atoms with Gasteiger partial charge in [0.15, 0.2) is 0 Å². The fourth-order valence-electron chi connectivity index (χ4n) is 1.06. The van der Waals surface area contributed by atoms with Crippen LogP contribution in [0.15, 0.2) is 23.1 Å². The van der Waals surface area contributed by atoms with Gasteiger partial charge in [0.1, 0.15) is 0 Å². The quantitative estimate of drug-likeness (QED) is 0.783. The first-order valence-electron chi connectivity index (χ1n) is 4.15. The number of alkyl halides is 1. The lowest BCUT2D eigenvalue weighted by molar-refractivity contribution is 0.0696. The first kappa shape index (κ1) is 10.4. The number of pyridine rings is 1. The third-order valence-electron chi connectivity index (χ3n) is 1.76. The monoisotopic (exact) mass is 199 g/mol. The lowest BCUT2D eigenvalue weighted by atomic mass is 10.3. The summed E-state index contributed by atoms with van der Waals surface area (Å²) in [5, 5.41) is 8.64.